The first-order chi connectivity index (χ1) is 3.84. The second-order valence-electron chi connectivity index (χ2n) is 3.00. The Kier molecular flexibility index (Phi) is 0.677. The van der Waals surface area contributed by atoms with E-state index >= 15 is 0 Å². The molecule has 1 fully saturated rings. The number of rotatable bonds is 1. The standard InChI is InChI=1S/C8H12/c1-3-6-5(2)7-4-8(6)7/h5,7H,3-4H2,1-2H3. The van der Waals surface area contributed by atoms with Crippen LogP contribution < -0.4 is 0 Å². The average Bonchev–Trinajstić information content (AvgIpc) is 2.44. The zero-order valence-corrected chi connectivity index (χ0v) is 5.57. The third kappa shape index (κ3) is 0.331. The Morgan fingerprint density at radius 1 is 1.62 bits per heavy atom. The van der Waals surface area contributed by atoms with Crippen LogP contribution in [-0.4, -0.2) is 0 Å². The normalized spacial score (nSPS) is 41.2. The number of allylic oxidation sites excluding steroid dienone is 2. The fraction of sp³-hybridized carbons (Fsp3) is 0.750. The minimum absolute atomic E-state index is 0.968. The van der Waals surface area contributed by atoms with Crippen molar-refractivity contribution in [3.8, 4) is 0 Å². The summed E-state index contributed by atoms with van der Waals surface area (Å²) in [6.45, 7) is 4.63. The van der Waals surface area contributed by atoms with Gasteiger partial charge in [0.25, 0.3) is 0 Å². The average molecular weight is 108 g/mol. The van der Waals surface area contributed by atoms with Gasteiger partial charge in [-0.1, -0.05) is 25.0 Å². The molecular weight excluding hydrogens is 96.1 g/mol. The fourth-order valence-electron chi connectivity index (χ4n) is 2.01. The highest BCUT2D eigenvalue weighted by molar-refractivity contribution is 5.43. The van der Waals surface area contributed by atoms with Crippen molar-refractivity contribution < 1.29 is 0 Å². The van der Waals surface area contributed by atoms with E-state index in [2.05, 4.69) is 13.8 Å². The van der Waals surface area contributed by atoms with E-state index in [0.29, 0.717) is 0 Å². The first-order valence-corrected chi connectivity index (χ1v) is 3.56. The molecule has 0 spiro atoms. The Balaban J connectivity index is 2.23. The lowest BCUT2D eigenvalue weighted by atomic mass is 9.85. The molecule has 0 aromatic heterocycles. The second-order valence-corrected chi connectivity index (χ2v) is 3.00. The molecule has 0 aliphatic heterocycles. The van der Waals surface area contributed by atoms with Crippen LogP contribution in [0, 0.1) is 11.8 Å². The minimum Gasteiger partial charge on any atom is -0.0675 e. The number of fused-ring (bicyclic) bond motifs is 1. The quantitative estimate of drug-likeness (QED) is 0.452. The van der Waals surface area contributed by atoms with Gasteiger partial charge in [-0.3, -0.25) is 0 Å². The lowest BCUT2D eigenvalue weighted by molar-refractivity contribution is 0.545. The summed E-state index contributed by atoms with van der Waals surface area (Å²) < 4.78 is 0. The topological polar surface area (TPSA) is 0 Å². The highest BCUT2D eigenvalue weighted by Gasteiger charge is 2.47. The largest absolute Gasteiger partial charge is 0.0675 e. The van der Waals surface area contributed by atoms with Gasteiger partial charge in [0, 0.05) is 0 Å². The van der Waals surface area contributed by atoms with Crippen molar-refractivity contribution in [3.63, 3.8) is 0 Å². The molecule has 1 saturated carbocycles. The van der Waals surface area contributed by atoms with Crippen LogP contribution in [0.1, 0.15) is 26.7 Å². The van der Waals surface area contributed by atoms with Crippen LogP contribution in [0.15, 0.2) is 11.1 Å². The molecule has 44 valence electrons. The van der Waals surface area contributed by atoms with Crippen molar-refractivity contribution >= 4 is 0 Å². The van der Waals surface area contributed by atoms with Gasteiger partial charge in [0.1, 0.15) is 0 Å². The second kappa shape index (κ2) is 1.18. The Morgan fingerprint density at radius 2 is 2.38 bits per heavy atom. The van der Waals surface area contributed by atoms with Gasteiger partial charge in [-0.25, -0.2) is 0 Å². The predicted molar refractivity (Wildman–Crippen MR) is 34.6 cm³/mol. The first kappa shape index (κ1) is 4.60. The van der Waals surface area contributed by atoms with Crippen molar-refractivity contribution in [3.05, 3.63) is 11.1 Å². The summed E-state index contributed by atoms with van der Waals surface area (Å²) in [6, 6.07) is 0. The lowest BCUT2D eigenvalue weighted by Crippen LogP contribution is -2.09. The molecule has 0 nitrogen and oxygen atoms in total. The van der Waals surface area contributed by atoms with Crippen molar-refractivity contribution in [2.24, 2.45) is 11.8 Å². The molecule has 0 heteroatoms. The molecule has 8 heavy (non-hydrogen) atoms. The molecule has 0 saturated heterocycles. The monoisotopic (exact) mass is 108 g/mol. The van der Waals surface area contributed by atoms with Gasteiger partial charge in [0.05, 0.1) is 0 Å². The summed E-state index contributed by atoms with van der Waals surface area (Å²) in [5.41, 5.74) is 3.58. The van der Waals surface area contributed by atoms with Gasteiger partial charge in [0.15, 0.2) is 0 Å². The minimum atomic E-state index is 0.968. The molecule has 0 bridgehead atoms. The van der Waals surface area contributed by atoms with Gasteiger partial charge in [-0.05, 0) is 24.7 Å². The van der Waals surface area contributed by atoms with Crippen molar-refractivity contribution in [2.75, 3.05) is 0 Å². The summed E-state index contributed by atoms with van der Waals surface area (Å²) in [5, 5.41) is 0. The van der Waals surface area contributed by atoms with Crippen molar-refractivity contribution in [1.82, 2.24) is 0 Å². The van der Waals surface area contributed by atoms with Crippen LogP contribution in [0.3, 0.4) is 0 Å². The molecule has 0 aromatic rings. The molecule has 2 atom stereocenters. The first-order valence-electron chi connectivity index (χ1n) is 3.56. The molecule has 2 aliphatic carbocycles. The molecule has 0 aromatic carbocycles. The molecule has 0 heterocycles. The summed E-state index contributed by atoms with van der Waals surface area (Å²) in [7, 11) is 0. The van der Waals surface area contributed by atoms with E-state index in [1.165, 1.54) is 12.8 Å². The maximum absolute atomic E-state index is 2.36. The van der Waals surface area contributed by atoms with Crippen molar-refractivity contribution in [2.45, 2.75) is 26.7 Å². The molecule has 0 radical (unpaired) electrons. The van der Waals surface area contributed by atoms with Crippen LogP contribution in [0.2, 0.25) is 0 Å². The Bertz CT molecular complexity index is 153. The molecule has 2 rings (SSSR count). The molecule has 2 unspecified atom stereocenters. The van der Waals surface area contributed by atoms with E-state index < -0.39 is 0 Å². The summed E-state index contributed by atoms with van der Waals surface area (Å²) >= 11 is 0. The third-order valence-corrected chi connectivity index (χ3v) is 2.67. The zero-order valence-electron chi connectivity index (χ0n) is 5.57. The molecule has 0 amide bonds. The van der Waals surface area contributed by atoms with Gasteiger partial charge in [-0.15, -0.1) is 0 Å². The van der Waals surface area contributed by atoms with Crippen LogP contribution in [0.5, 0.6) is 0 Å². The van der Waals surface area contributed by atoms with E-state index in [4.69, 9.17) is 0 Å². The van der Waals surface area contributed by atoms with E-state index in [9.17, 15) is 0 Å². The van der Waals surface area contributed by atoms with Gasteiger partial charge in [-0.2, -0.15) is 0 Å². The fourth-order valence-corrected chi connectivity index (χ4v) is 2.01. The van der Waals surface area contributed by atoms with Gasteiger partial charge < -0.3 is 0 Å². The Hall–Kier alpha value is -0.260. The summed E-state index contributed by atoms with van der Waals surface area (Å²) in [4.78, 5) is 0. The van der Waals surface area contributed by atoms with E-state index in [-0.39, 0.29) is 0 Å². The van der Waals surface area contributed by atoms with Crippen molar-refractivity contribution in [1.29, 1.82) is 0 Å². The number of hydrogen-bond acceptors (Lipinski definition) is 0. The van der Waals surface area contributed by atoms with E-state index in [0.717, 1.165) is 11.8 Å². The van der Waals surface area contributed by atoms with E-state index in [1.807, 2.05) is 0 Å². The SMILES string of the molecule is CCC1=C2CC2C1C. The Labute approximate surface area is 50.6 Å². The van der Waals surface area contributed by atoms with Crippen LogP contribution in [0.25, 0.3) is 0 Å². The van der Waals surface area contributed by atoms with Crippen LogP contribution >= 0.6 is 0 Å². The van der Waals surface area contributed by atoms with E-state index in [1.54, 1.807) is 11.1 Å². The highest BCUT2D eigenvalue weighted by atomic mass is 14.5. The predicted octanol–water partition coefficient (Wildman–Crippen LogP) is 2.36. The zero-order chi connectivity index (χ0) is 5.72. The molecule has 0 N–H and O–H groups in total. The molecular formula is C8H12. The van der Waals surface area contributed by atoms with Gasteiger partial charge >= 0.3 is 0 Å². The molecule has 2 aliphatic rings. The summed E-state index contributed by atoms with van der Waals surface area (Å²) in [6.07, 6.45) is 2.76. The third-order valence-electron chi connectivity index (χ3n) is 2.67. The Morgan fingerprint density at radius 3 is 2.62 bits per heavy atom. The summed E-state index contributed by atoms with van der Waals surface area (Å²) in [5.74, 6) is 2.03. The highest BCUT2D eigenvalue weighted by Crippen LogP contribution is 2.59. The van der Waals surface area contributed by atoms with Crippen LogP contribution in [-0.2, 0) is 0 Å². The number of hydrogen-bond donors (Lipinski definition) is 0. The van der Waals surface area contributed by atoms with Gasteiger partial charge in [0.2, 0.25) is 0 Å². The maximum Gasteiger partial charge on any atom is -0.00997 e. The lowest BCUT2D eigenvalue weighted by Gasteiger charge is -2.20. The maximum atomic E-state index is 2.36. The van der Waals surface area contributed by atoms with Crippen LogP contribution in [0.4, 0.5) is 0 Å². The smallest absolute Gasteiger partial charge is 0.00997 e.